The predicted octanol–water partition coefficient (Wildman–Crippen LogP) is 6.06. The maximum atomic E-state index is 12.2. The number of aryl methyl sites for hydroxylation is 1. The van der Waals surface area contributed by atoms with Crippen LogP contribution < -0.4 is 4.74 Å². The van der Waals surface area contributed by atoms with E-state index in [0.29, 0.717) is 18.7 Å². The largest absolute Gasteiger partial charge is 0.490 e. The van der Waals surface area contributed by atoms with Crippen molar-refractivity contribution < 1.29 is 18.7 Å². The molecule has 1 amide bonds. The van der Waals surface area contributed by atoms with E-state index in [-0.39, 0.29) is 12.2 Å². The molecule has 1 saturated heterocycles. The zero-order chi connectivity index (χ0) is 22.9. The van der Waals surface area contributed by atoms with E-state index in [1.165, 1.54) is 0 Å². The lowest BCUT2D eigenvalue weighted by Gasteiger charge is -2.33. The summed E-state index contributed by atoms with van der Waals surface area (Å²) in [7, 11) is 0. The molecule has 1 aliphatic rings. The molecule has 1 aromatic heterocycles. The fourth-order valence-electron chi connectivity index (χ4n) is 4.02. The third-order valence-electron chi connectivity index (χ3n) is 5.53. The minimum Gasteiger partial charge on any atom is -0.490 e. The zero-order valence-electron chi connectivity index (χ0n) is 19.0. The molecule has 0 radical (unpaired) electrons. The standard InChI is InChI=1S/C26H28N2O4/c1-17-24(22-15-18(16-27)5-10-23(22)30-17)19-6-8-20(9-7-19)31-21-11-13-28(14-12-21)25(29)32-26(2,3)4/h5-10,15,21H,11-14H2,1-4H3. The van der Waals surface area contributed by atoms with E-state index in [4.69, 9.17) is 13.9 Å². The van der Waals surface area contributed by atoms with Crippen LogP contribution in [0.1, 0.15) is 44.9 Å². The van der Waals surface area contributed by atoms with Crippen LogP contribution in [0.3, 0.4) is 0 Å². The van der Waals surface area contributed by atoms with Gasteiger partial charge in [0.05, 0.1) is 11.6 Å². The van der Waals surface area contributed by atoms with Gasteiger partial charge in [-0.2, -0.15) is 5.26 Å². The topological polar surface area (TPSA) is 75.7 Å². The molecule has 32 heavy (non-hydrogen) atoms. The Morgan fingerprint density at radius 1 is 1.12 bits per heavy atom. The van der Waals surface area contributed by atoms with E-state index in [2.05, 4.69) is 6.07 Å². The fraction of sp³-hybridized carbons (Fsp3) is 0.385. The first-order chi connectivity index (χ1) is 15.2. The van der Waals surface area contributed by atoms with E-state index in [1.807, 2.05) is 64.1 Å². The van der Waals surface area contributed by atoms with Crippen LogP contribution >= 0.6 is 0 Å². The quantitative estimate of drug-likeness (QED) is 0.503. The van der Waals surface area contributed by atoms with Crippen LogP contribution in [0.2, 0.25) is 0 Å². The first kappa shape index (κ1) is 21.8. The molecule has 166 valence electrons. The monoisotopic (exact) mass is 432 g/mol. The second-order valence-corrected chi connectivity index (χ2v) is 9.16. The Morgan fingerprint density at radius 3 is 2.44 bits per heavy atom. The first-order valence-electron chi connectivity index (χ1n) is 10.9. The summed E-state index contributed by atoms with van der Waals surface area (Å²) in [6, 6.07) is 15.6. The number of benzene rings is 2. The molecule has 0 aliphatic carbocycles. The summed E-state index contributed by atoms with van der Waals surface area (Å²) < 4.78 is 17.5. The lowest BCUT2D eigenvalue weighted by atomic mass is 10.0. The van der Waals surface area contributed by atoms with Gasteiger partial charge in [-0.3, -0.25) is 0 Å². The molecule has 3 aromatic rings. The minimum absolute atomic E-state index is 0.0641. The lowest BCUT2D eigenvalue weighted by molar-refractivity contribution is 0.0126. The maximum absolute atomic E-state index is 12.2. The average molecular weight is 433 g/mol. The van der Waals surface area contributed by atoms with Crippen molar-refractivity contribution in [1.82, 2.24) is 4.90 Å². The van der Waals surface area contributed by atoms with E-state index in [9.17, 15) is 10.1 Å². The summed E-state index contributed by atoms with van der Waals surface area (Å²) in [4.78, 5) is 14.0. The highest BCUT2D eigenvalue weighted by Crippen LogP contribution is 2.36. The Hall–Kier alpha value is -3.46. The average Bonchev–Trinajstić information content (AvgIpc) is 3.08. The van der Waals surface area contributed by atoms with Crippen molar-refractivity contribution in [3.05, 3.63) is 53.8 Å². The van der Waals surface area contributed by atoms with E-state index in [0.717, 1.165) is 46.4 Å². The normalized spacial score (nSPS) is 14.9. The molecule has 0 bridgehead atoms. The molecule has 6 heteroatoms. The number of carbonyl (C=O) groups is 1. The lowest BCUT2D eigenvalue weighted by Crippen LogP contribution is -2.44. The Balaban J connectivity index is 1.42. The van der Waals surface area contributed by atoms with Gasteiger partial charge in [0.25, 0.3) is 0 Å². The van der Waals surface area contributed by atoms with Crippen molar-refractivity contribution in [2.45, 2.75) is 52.2 Å². The number of likely N-dealkylation sites (tertiary alicyclic amines) is 1. The second-order valence-electron chi connectivity index (χ2n) is 9.16. The van der Waals surface area contributed by atoms with E-state index < -0.39 is 5.60 Å². The molecule has 0 atom stereocenters. The summed E-state index contributed by atoms with van der Waals surface area (Å²) in [6.07, 6.45) is 1.34. The smallest absolute Gasteiger partial charge is 0.410 e. The van der Waals surface area contributed by atoms with Gasteiger partial charge < -0.3 is 18.8 Å². The summed E-state index contributed by atoms with van der Waals surface area (Å²) in [5.41, 5.74) is 2.91. The highest BCUT2D eigenvalue weighted by Gasteiger charge is 2.27. The fourth-order valence-corrected chi connectivity index (χ4v) is 4.02. The number of piperidine rings is 1. The molecule has 1 fully saturated rings. The van der Waals surface area contributed by atoms with Crippen molar-refractivity contribution >= 4 is 17.1 Å². The van der Waals surface area contributed by atoms with Gasteiger partial charge in [0.2, 0.25) is 0 Å². The van der Waals surface area contributed by atoms with Crippen molar-refractivity contribution in [2.75, 3.05) is 13.1 Å². The van der Waals surface area contributed by atoms with E-state index in [1.54, 1.807) is 11.0 Å². The third kappa shape index (κ3) is 4.72. The van der Waals surface area contributed by atoms with Gasteiger partial charge in [-0.25, -0.2) is 4.79 Å². The number of amides is 1. The highest BCUT2D eigenvalue weighted by molar-refractivity contribution is 5.96. The van der Waals surface area contributed by atoms with Gasteiger partial charge in [-0.1, -0.05) is 12.1 Å². The molecule has 2 heterocycles. The molecular formula is C26H28N2O4. The Kier molecular flexibility index (Phi) is 5.84. The van der Waals surface area contributed by atoms with Crippen LogP contribution in [0.5, 0.6) is 5.75 Å². The molecule has 0 unspecified atom stereocenters. The summed E-state index contributed by atoms with van der Waals surface area (Å²) in [6.45, 7) is 8.81. The van der Waals surface area contributed by atoms with Gasteiger partial charge in [-0.05, 0) is 63.6 Å². The number of nitriles is 1. The van der Waals surface area contributed by atoms with Crippen molar-refractivity contribution in [2.24, 2.45) is 0 Å². The van der Waals surface area contributed by atoms with Crippen LogP contribution in [0.25, 0.3) is 22.1 Å². The van der Waals surface area contributed by atoms with Crippen LogP contribution in [0, 0.1) is 18.3 Å². The van der Waals surface area contributed by atoms with Crippen LogP contribution in [-0.2, 0) is 4.74 Å². The summed E-state index contributed by atoms with van der Waals surface area (Å²) >= 11 is 0. The SMILES string of the molecule is Cc1oc2ccc(C#N)cc2c1-c1ccc(OC2CCN(C(=O)OC(C)(C)C)CC2)cc1. The van der Waals surface area contributed by atoms with Crippen molar-refractivity contribution in [3.8, 4) is 22.9 Å². The van der Waals surface area contributed by atoms with Gasteiger partial charge in [0.15, 0.2) is 0 Å². The third-order valence-corrected chi connectivity index (χ3v) is 5.53. The van der Waals surface area contributed by atoms with Crippen LogP contribution in [0.15, 0.2) is 46.9 Å². The maximum Gasteiger partial charge on any atom is 0.410 e. The van der Waals surface area contributed by atoms with E-state index >= 15 is 0 Å². The summed E-state index contributed by atoms with van der Waals surface area (Å²) in [5.74, 6) is 1.62. The number of fused-ring (bicyclic) bond motifs is 1. The Bertz CT molecular complexity index is 1160. The van der Waals surface area contributed by atoms with Crippen LogP contribution in [-0.4, -0.2) is 35.8 Å². The minimum atomic E-state index is -0.485. The van der Waals surface area contributed by atoms with Crippen molar-refractivity contribution in [1.29, 1.82) is 5.26 Å². The molecule has 6 nitrogen and oxygen atoms in total. The molecule has 2 aromatic carbocycles. The zero-order valence-corrected chi connectivity index (χ0v) is 19.0. The van der Waals surface area contributed by atoms with Gasteiger partial charge in [-0.15, -0.1) is 0 Å². The molecule has 1 aliphatic heterocycles. The Labute approximate surface area is 188 Å². The molecule has 4 rings (SSSR count). The highest BCUT2D eigenvalue weighted by atomic mass is 16.6. The number of furan rings is 1. The predicted molar refractivity (Wildman–Crippen MR) is 123 cm³/mol. The number of ether oxygens (including phenoxy) is 2. The van der Waals surface area contributed by atoms with Crippen molar-refractivity contribution in [3.63, 3.8) is 0 Å². The van der Waals surface area contributed by atoms with Gasteiger partial charge >= 0.3 is 6.09 Å². The molecular weight excluding hydrogens is 404 g/mol. The van der Waals surface area contributed by atoms with Gasteiger partial charge in [0.1, 0.15) is 28.8 Å². The molecule has 0 saturated carbocycles. The van der Waals surface area contributed by atoms with Gasteiger partial charge in [0, 0.05) is 36.9 Å². The number of hydrogen-bond donors (Lipinski definition) is 0. The Morgan fingerprint density at radius 2 is 1.81 bits per heavy atom. The number of hydrogen-bond acceptors (Lipinski definition) is 5. The van der Waals surface area contributed by atoms with Crippen LogP contribution in [0.4, 0.5) is 4.79 Å². The number of nitrogens with zero attached hydrogens (tertiary/aromatic N) is 2. The second kappa shape index (κ2) is 8.58. The number of carbonyl (C=O) groups excluding carboxylic acids is 1. The first-order valence-corrected chi connectivity index (χ1v) is 10.9. The number of rotatable bonds is 3. The molecule has 0 N–H and O–H groups in total. The summed E-state index contributed by atoms with van der Waals surface area (Å²) in [5, 5.41) is 10.2. The molecule has 0 spiro atoms.